The van der Waals surface area contributed by atoms with E-state index in [1.807, 2.05) is 50.3 Å². The van der Waals surface area contributed by atoms with Gasteiger partial charge in [0.2, 0.25) is 5.60 Å². The summed E-state index contributed by atoms with van der Waals surface area (Å²) in [5, 5.41) is 84.4. The smallest absolute Gasteiger partial charge is 0.870 e. The van der Waals surface area contributed by atoms with Gasteiger partial charge >= 0.3 is 49.3 Å². The maximum absolute atomic E-state index is 14.5. The predicted octanol–water partition coefficient (Wildman–Crippen LogP) is 12.1. The molecule has 5 aromatic carbocycles. The Morgan fingerprint density at radius 3 is 1.18 bits per heavy atom. The number of rotatable bonds is 22. The van der Waals surface area contributed by atoms with Crippen LogP contribution in [0.3, 0.4) is 0 Å². The zero-order valence-corrected chi connectivity index (χ0v) is 64.2. The van der Waals surface area contributed by atoms with Crippen LogP contribution >= 0.6 is 15.9 Å². The molecule has 0 saturated heterocycles. The van der Waals surface area contributed by atoms with Crippen molar-refractivity contribution in [2.24, 2.45) is 9.98 Å². The van der Waals surface area contributed by atoms with E-state index in [1.54, 1.807) is 54.6 Å². The maximum Gasteiger partial charge on any atom is 1.00 e. The number of allylic oxidation sites excluding steroid dienone is 2. The van der Waals surface area contributed by atoms with Crippen molar-refractivity contribution in [1.29, 1.82) is 15.8 Å². The Hall–Kier alpha value is -13.2. The molecule has 0 spiro atoms. The van der Waals surface area contributed by atoms with Crippen molar-refractivity contribution >= 4 is 101 Å². The van der Waals surface area contributed by atoms with Gasteiger partial charge in [0, 0.05) is 81.4 Å². The summed E-state index contributed by atoms with van der Waals surface area (Å²) < 4.78 is 140. The van der Waals surface area contributed by atoms with Crippen molar-refractivity contribution in [1.82, 2.24) is 59.9 Å². The Balaban J connectivity index is 0.000000202. The Morgan fingerprint density at radius 1 is 0.517 bits per heavy atom. The van der Waals surface area contributed by atoms with Gasteiger partial charge in [-0.25, -0.2) is 38.6 Å². The number of ether oxygens (including phenoxy) is 2. The summed E-state index contributed by atoms with van der Waals surface area (Å²) in [4.78, 5) is 80.1. The first-order chi connectivity index (χ1) is 55.0. The van der Waals surface area contributed by atoms with Gasteiger partial charge in [0.15, 0.2) is 5.78 Å². The van der Waals surface area contributed by atoms with Crippen LogP contribution in [0.5, 0.6) is 0 Å². The van der Waals surface area contributed by atoms with Crippen LogP contribution in [0.2, 0.25) is 0 Å². The molecule has 11 aromatic rings. The zero-order valence-electron chi connectivity index (χ0n) is 62.6. The van der Waals surface area contributed by atoms with Gasteiger partial charge in [-0.3, -0.25) is 35.0 Å². The van der Waals surface area contributed by atoms with Crippen molar-refractivity contribution in [2.45, 2.75) is 122 Å². The number of aromatic nitrogens is 12. The number of ketones is 1. The number of hydrogen-bond acceptors (Lipinski definition) is 25. The average molecular weight is 1690 g/mol. The summed E-state index contributed by atoms with van der Waals surface area (Å²) in [5.41, 5.74) is -3.47. The van der Waals surface area contributed by atoms with Crippen LogP contribution in [-0.4, -0.2) is 133 Å². The number of nitriles is 3. The standard InChI is InChI=1S/C29H22F3N7O4.C26H18BrF3N6O5.C22H19F3N6O.Li.H2O/c1-3-28(29(30,31)32,43-27(40)19-6-8-21(9-7-19)39(41)42)26-16-38(37-36-26)15-18-5-10-22-23(24-11-4-17(2)34-24)13-20(14-33)35-25(22)12-18;1-2-25(26(28,29)30,41-24(38)16-4-6-18(7-5-16)36(39)40)23-14-35(34-33-23)13-15-3-8-19-20(22(37)11-27)10-17(12-31)32-21(19)9-15;1-3-21(32,22(23,24)25)20-12-31(30-29-20)11-14-5-6-16-17(18-7-4-13(2)27-18)9-15(10-26)28-19(16)8-14;;/h5-13,16H,3-4,15H2,1-2H3;3-10,14H,2,11,13H2,1H3;5-9,12,32H,3-4,11H2,1-2H3;;1H2/q;;;+1;/p-1. The molecule has 0 aliphatic carbocycles. The number of fused-ring (bicyclic) bond motifs is 3. The maximum atomic E-state index is 14.5. The second kappa shape index (κ2) is 35.9. The molecular weight excluding hydrogens is 1620 g/mol. The van der Waals surface area contributed by atoms with Gasteiger partial charge in [-0.1, -0.05) is 101 Å². The molecule has 3 unspecified atom stereocenters. The van der Waals surface area contributed by atoms with E-state index < -0.39 is 93.5 Å². The van der Waals surface area contributed by atoms with Crippen LogP contribution in [-0.2, 0) is 45.9 Å². The van der Waals surface area contributed by atoms with E-state index in [0.717, 1.165) is 123 Å². The molecule has 0 bridgehead atoms. The third-order valence-electron chi connectivity index (χ3n) is 18.7. The Morgan fingerprint density at radius 2 is 0.864 bits per heavy atom. The summed E-state index contributed by atoms with van der Waals surface area (Å²) in [7, 11) is 0. The molecular formula is C77H60BrF9LiN19O11. The van der Waals surface area contributed by atoms with Gasteiger partial charge < -0.3 is 20.1 Å². The van der Waals surface area contributed by atoms with Crippen molar-refractivity contribution in [3.63, 3.8) is 0 Å². The monoisotopic (exact) mass is 1680 g/mol. The SMILES string of the molecule is CCC(O)(c1cn(Cc2ccc3c(C4=CCC(C)=N4)cc(C#N)nc3c2)nn1)C(F)(F)F.CCC(OC(=O)c1ccc([N+](=O)[O-])cc1)(c1cn(Cc2ccc3c(C(=O)CBr)cc(C#N)nc3c2)nn1)C(F)(F)F.CCC(OC(=O)c1ccc([N+](=O)[O-])cc1)(c1cn(Cc2ccc3c(C4=CCC(C)=N4)cc(C#N)nc3c2)nn1)C(F)(F)F.[Li+].[OH-]. The second-order valence-corrected chi connectivity index (χ2v) is 26.8. The van der Waals surface area contributed by atoms with Gasteiger partial charge in [0.1, 0.15) is 52.4 Å². The van der Waals surface area contributed by atoms with Gasteiger partial charge in [0.05, 0.1) is 92.5 Å². The first kappa shape index (κ1) is 88.8. The number of hydrogen-bond donors (Lipinski definition) is 1. The number of benzene rings is 5. The number of nitro benzene ring substituents is 2. The topological polar surface area (TPSA) is 433 Å². The number of halogens is 10. The largest absolute Gasteiger partial charge is 1.00 e. The number of nitrogens with zero attached hydrogens (tertiary/aromatic N) is 19. The molecule has 13 rings (SSSR count). The summed E-state index contributed by atoms with van der Waals surface area (Å²) in [6.07, 6.45) is -8.47. The van der Waals surface area contributed by atoms with E-state index >= 15 is 0 Å². The fourth-order valence-electron chi connectivity index (χ4n) is 12.5. The molecule has 2 N–H and O–H groups in total. The van der Waals surface area contributed by atoms with Gasteiger partial charge in [-0.15, -0.1) is 15.3 Å². The van der Waals surface area contributed by atoms with Crippen LogP contribution < -0.4 is 18.9 Å². The van der Waals surface area contributed by atoms with E-state index in [9.17, 15) is 95.0 Å². The fraction of sp³-hybridized carbons (Fsp3) is 0.260. The number of Topliss-reactive ketones (excluding diaryl/α,β-unsaturated/α-hetero) is 1. The van der Waals surface area contributed by atoms with Crippen molar-refractivity contribution < 1.29 is 103 Å². The van der Waals surface area contributed by atoms with Crippen LogP contribution in [0.25, 0.3) is 44.1 Å². The third-order valence-corrected chi connectivity index (χ3v) is 19.2. The molecule has 600 valence electrons. The molecule has 0 radical (unpaired) electrons. The number of aliphatic hydroxyl groups is 1. The molecule has 0 fully saturated rings. The fourth-order valence-corrected chi connectivity index (χ4v) is 12.8. The first-order valence-electron chi connectivity index (χ1n) is 34.7. The second-order valence-electron chi connectivity index (χ2n) is 26.3. The molecule has 0 saturated carbocycles. The number of carbonyl (C=O) groups is 3. The molecule has 6 aromatic heterocycles. The summed E-state index contributed by atoms with van der Waals surface area (Å²) in [5.74, 6) is -2.93. The minimum atomic E-state index is -5.09. The van der Waals surface area contributed by atoms with E-state index in [-0.39, 0.29) is 94.7 Å². The number of esters is 2. The van der Waals surface area contributed by atoms with E-state index in [4.69, 9.17) is 9.47 Å². The molecule has 118 heavy (non-hydrogen) atoms. The Kier molecular flexibility index (Phi) is 27.0. The van der Waals surface area contributed by atoms with E-state index in [0.29, 0.717) is 50.6 Å². The van der Waals surface area contributed by atoms with Gasteiger partial charge in [-0.2, -0.15) is 55.3 Å². The van der Waals surface area contributed by atoms with Crippen LogP contribution in [0.4, 0.5) is 50.9 Å². The van der Waals surface area contributed by atoms with Crippen LogP contribution in [0.1, 0.15) is 160 Å². The summed E-state index contributed by atoms with van der Waals surface area (Å²) in [6, 6.07) is 34.2. The molecule has 30 nitrogen and oxygen atoms in total. The number of carbonyl (C=O) groups excluding carboxylic acids is 3. The Labute approximate surface area is 681 Å². The summed E-state index contributed by atoms with van der Waals surface area (Å²) in [6.45, 7) is 7.50. The number of nitro groups is 2. The van der Waals surface area contributed by atoms with Crippen molar-refractivity contribution in [2.75, 3.05) is 5.33 Å². The average Bonchev–Trinajstić information content (AvgIpc) is 1.51. The molecule has 2 aliphatic heterocycles. The third kappa shape index (κ3) is 18.7. The van der Waals surface area contributed by atoms with E-state index in [1.165, 1.54) is 36.2 Å². The first-order valence-corrected chi connectivity index (χ1v) is 35.8. The molecule has 3 atom stereocenters. The number of aliphatic imine (C=N–C) groups is 2. The van der Waals surface area contributed by atoms with Crippen molar-refractivity contribution in [3.8, 4) is 18.2 Å². The van der Waals surface area contributed by atoms with E-state index in [2.05, 4.69) is 77.9 Å². The summed E-state index contributed by atoms with van der Waals surface area (Å²) >= 11 is 3.11. The minimum absolute atomic E-state index is 0. The number of pyridine rings is 3. The number of alkyl halides is 10. The minimum Gasteiger partial charge on any atom is -0.870 e. The molecule has 0 amide bonds. The van der Waals surface area contributed by atoms with Crippen LogP contribution in [0, 0.1) is 54.2 Å². The molecule has 2 aliphatic rings. The van der Waals surface area contributed by atoms with Crippen LogP contribution in [0.15, 0.2) is 162 Å². The zero-order chi connectivity index (χ0) is 84.0. The van der Waals surface area contributed by atoms with Gasteiger partial charge in [-0.05, 0) is 110 Å². The van der Waals surface area contributed by atoms with Crippen molar-refractivity contribution in [3.05, 3.63) is 251 Å². The predicted molar refractivity (Wildman–Crippen MR) is 402 cm³/mol. The van der Waals surface area contributed by atoms with Gasteiger partial charge in [0.25, 0.3) is 22.6 Å². The molecule has 8 heterocycles. The quantitative estimate of drug-likeness (QED) is 0.0125. The molecule has 41 heteroatoms. The Bertz CT molecular complexity index is 6010. The number of non-ortho nitro benzene ring substituents is 2. The normalized spacial score (nSPS) is 14.1.